The van der Waals surface area contributed by atoms with E-state index >= 15 is 0 Å². The van der Waals surface area contributed by atoms with Crippen molar-refractivity contribution >= 4 is 49.1 Å². The molecule has 5 rings (SSSR count). The number of hydrogen-bond acceptors (Lipinski definition) is 8. The van der Waals surface area contributed by atoms with Gasteiger partial charge in [0.05, 0.1) is 24.7 Å². The van der Waals surface area contributed by atoms with Crippen molar-refractivity contribution in [1.29, 1.82) is 0 Å². The number of pyridine rings is 1. The van der Waals surface area contributed by atoms with E-state index in [-0.39, 0.29) is 5.56 Å². The van der Waals surface area contributed by atoms with E-state index < -0.39 is 0 Å². The molecule has 0 radical (unpaired) electrons. The number of rotatable bonds is 5. The number of aromatic nitrogens is 3. The van der Waals surface area contributed by atoms with Gasteiger partial charge >= 0.3 is 0 Å². The Balaban J connectivity index is 1.38. The van der Waals surface area contributed by atoms with Crippen LogP contribution in [0, 0.1) is 0 Å². The summed E-state index contributed by atoms with van der Waals surface area (Å²) < 4.78 is 5.44. The van der Waals surface area contributed by atoms with Gasteiger partial charge in [-0.3, -0.25) is 14.8 Å². The Kier molecular flexibility index (Phi) is 6.45. The first-order valence-corrected chi connectivity index (χ1v) is 12.0. The maximum absolute atomic E-state index is 12.5. The van der Waals surface area contributed by atoms with Crippen LogP contribution in [-0.4, -0.2) is 53.2 Å². The fourth-order valence-corrected chi connectivity index (χ4v) is 4.95. The number of nitrogens with zero attached hydrogens (tertiary/aromatic N) is 4. The van der Waals surface area contributed by atoms with Crippen LogP contribution >= 0.6 is 21.5 Å². The minimum Gasteiger partial charge on any atom is -0.496 e. The predicted molar refractivity (Wildman–Crippen MR) is 142 cm³/mol. The fourth-order valence-electron chi connectivity index (χ4n) is 4.34. The molecule has 0 spiro atoms. The Hall–Kier alpha value is -3.07. The average molecular weight is 496 g/mol. The highest BCUT2D eigenvalue weighted by Crippen LogP contribution is 2.29. The van der Waals surface area contributed by atoms with Crippen molar-refractivity contribution in [1.82, 2.24) is 20.3 Å². The molecule has 2 aliphatic rings. The summed E-state index contributed by atoms with van der Waals surface area (Å²) in [6, 6.07) is 7.52. The van der Waals surface area contributed by atoms with Gasteiger partial charge in [-0.1, -0.05) is 12.2 Å². The number of thiocarbonyl (C=S) groups is 1. The van der Waals surface area contributed by atoms with Crippen molar-refractivity contribution in [3.63, 3.8) is 0 Å². The molecule has 4 heterocycles. The Morgan fingerprint density at radius 1 is 1.18 bits per heavy atom. The van der Waals surface area contributed by atoms with Gasteiger partial charge in [-0.25, -0.2) is 4.98 Å². The van der Waals surface area contributed by atoms with E-state index in [2.05, 4.69) is 45.8 Å². The monoisotopic (exact) mass is 495 g/mol. The molecule has 1 aromatic carbocycles. The van der Waals surface area contributed by atoms with Crippen molar-refractivity contribution < 1.29 is 4.74 Å². The maximum atomic E-state index is 12.5. The summed E-state index contributed by atoms with van der Waals surface area (Å²) in [5.74, 6) is 1.31. The minimum absolute atomic E-state index is 0.252. The summed E-state index contributed by atoms with van der Waals surface area (Å²) in [5, 5.41) is 7.62. The normalized spacial score (nSPS) is 15.2. The quantitative estimate of drug-likeness (QED) is 0.358. The summed E-state index contributed by atoms with van der Waals surface area (Å²) in [7, 11) is 4.36. The molecule has 2 aliphatic heterocycles. The molecule has 1 saturated heterocycles. The molecule has 2 aromatic heterocycles. The zero-order valence-electron chi connectivity index (χ0n) is 18.8. The third-order valence-corrected chi connectivity index (χ3v) is 6.80. The molecule has 0 saturated carbocycles. The van der Waals surface area contributed by atoms with Gasteiger partial charge in [0.25, 0.3) is 5.56 Å². The van der Waals surface area contributed by atoms with Gasteiger partial charge in [-0.2, -0.15) is 0 Å². The summed E-state index contributed by atoms with van der Waals surface area (Å²) in [6.45, 7) is 4.91. The van der Waals surface area contributed by atoms with Gasteiger partial charge in [-0.15, -0.1) is 9.24 Å². The Morgan fingerprint density at radius 2 is 1.94 bits per heavy atom. The highest BCUT2D eigenvalue weighted by Gasteiger charge is 2.24. The van der Waals surface area contributed by atoms with Crippen molar-refractivity contribution in [2.45, 2.75) is 13.1 Å². The summed E-state index contributed by atoms with van der Waals surface area (Å²) in [6.07, 6.45) is 3.53. The molecule has 34 heavy (non-hydrogen) atoms. The lowest BCUT2D eigenvalue weighted by Gasteiger charge is -2.31. The van der Waals surface area contributed by atoms with Crippen molar-refractivity contribution in [3.8, 4) is 5.75 Å². The molecule has 176 valence electrons. The second-order valence-electron chi connectivity index (χ2n) is 8.26. The first-order valence-electron chi connectivity index (χ1n) is 11.0. The van der Waals surface area contributed by atoms with Crippen LogP contribution in [0.15, 0.2) is 41.5 Å². The Labute approximate surface area is 205 Å². The summed E-state index contributed by atoms with van der Waals surface area (Å²) in [4.78, 5) is 29.0. The molecule has 3 N–H and O–H groups in total. The highest BCUT2D eigenvalue weighted by molar-refractivity contribution is 7.81. The van der Waals surface area contributed by atoms with Crippen molar-refractivity contribution in [2.75, 3.05) is 48.4 Å². The number of benzene rings is 1. The number of anilines is 3. The zero-order valence-corrected chi connectivity index (χ0v) is 20.8. The average Bonchev–Trinajstić information content (AvgIpc) is 3.27. The van der Waals surface area contributed by atoms with Gasteiger partial charge < -0.3 is 25.2 Å². The van der Waals surface area contributed by atoms with E-state index in [4.69, 9.17) is 17.0 Å². The third-order valence-electron chi connectivity index (χ3n) is 6.04. The molecule has 0 bridgehead atoms. The van der Waals surface area contributed by atoms with Crippen LogP contribution in [-0.2, 0) is 13.1 Å². The van der Waals surface area contributed by atoms with Gasteiger partial charge in [0.1, 0.15) is 16.4 Å². The maximum Gasteiger partial charge on any atom is 0.252 e. The molecule has 1 unspecified atom stereocenters. The molecular formula is C23H26N7O2PS. The molecule has 9 nitrogen and oxygen atoms in total. The van der Waals surface area contributed by atoms with E-state index in [1.165, 1.54) is 11.6 Å². The summed E-state index contributed by atoms with van der Waals surface area (Å²) >= 11 is 5.65. The van der Waals surface area contributed by atoms with Gasteiger partial charge in [0.15, 0.2) is 0 Å². The number of piperazine rings is 1. The van der Waals surface area contributed by atoms with E-state index in [1.807, 2.05) is 17.0 Å². The van der Waals surface area contributed by atoms with Crippen LogP contribution in [0.2, 0.25) is 0 Å². The number of fused-ring (bicyclic) bond motifs is 1. The van der Waals surface area contributed by atoms with E-state index in [9.17, 15) is 4.79 Å². The third kappa shape index (κ3) is 4.61. The molecule has 0 amide bonds. The van der Waals surface area contributed by atoms with Crippen LogP contribution in [0.4, 0.5) is 17.3 Å². The first-order chi connectivity index (χ1) is 16.5. The lowest BCUT2D eigenvalue weighted by atomic mass is 10.1. The molecule has 3 aromatic rings. The second kappa shape index (κ2) is 9.66. The topological polar surface area (TPSA) is 98.4 Å². The van der Waals surface area contributed by atoms with Gasteiger partial charge in [-0.05, 0) is 29.3 Å². The van der Waals surface area contributed by atoms with Crippen LogP contribution in [0.5, 0.6) is 5.75 Å². The number of ether oxygens (including phenoxy) is 1. The SMILES string of the molecule is COc1cc2c(cc1P)CN(c1nc(C(=S)Nc3cnccc3N3CCNCC3)cc(=O)[nH]1)C2. The largest absolute Gasteiger partial charge is 0.496 e. The van der Waals surface area contributed by atoms with Crippen molar-refractivity contribution in [3.05, 3.63) is 63.8 Å². The van der Waals surface area contributed by atoms with E-state index in [0.29, 0.717) is 29.7 Å². The second-order valence-corrected chi connectivity index (χ2v) is 9.29. The van der Waals surface area contributed by atoms with Crippen LogP contribution in [0.1, 0.15) is 16.8 Å². The zero-order chi connectivity index (χ0) is 23.7. The summed E-state index contributed by atoms with van der Waals surface area (Å²) in [5.41, 5.74) is 4.32. The number of aromatic amines is 1. The van der Waals surface area contributed by atoms with E-state index in [1.54, 1.807) is 19.5 Å². The predicted octanol–water partition coefficient (Wildman–Crippen LogP) is 1.39. The van der Waals surface area contributed by atoms with Gasteiger partial charge in [0.2, 0.25) is 5.95 Å². The molecule has 1 fully saturated rings. The van der Waals surface area contributed by atoms with Gasteiger partial charge in [0, 0.05) is 56.8 Å². The van der Waals surface area contributed by atoms with E-state index in [0.717, 1.165) is 54.2 Å². The lowest BCUT2D eigenvalue weighted by Crippen LogP contribution is -2.43. The number of methoxy groups -OCH3 is 1. The number of nitrogens with one attached hydrogen (secondary N) is 3. The molecule has 11 heteroatoms. The smallest absolute Gasteiger partial charge is 0.252 e. The molecule has 1 atom stereocenters. The van der Waals surface area contributed by atoms with Crippen LogP contribution in [0.25, 0.3) is 0 Å². The first kappa shape index (κ1) is 22.7. The highest BCUT2D eigenvalue weighted by atomic mass is 32.1. The molecule has 0 aliphatic carbocycles. The Bertz CT molecular complexity index is 1290. The van der Waals surface area contributed by atoms with Crippen molar-refractivity contribution in [2.24, 2.45) is 0 Å². The Morgan fingerprint density at radius 3 is 2.71 bits per heavy atom. The number of H-pyrrole nitrogens is 1. The fraction of sp³-hybridized carbons (Fsp3) is 0.304. The lowest BCUT2D eigenvalue weighted by molar-refractivity contribution is 0.418. The van der Waals surface area contributed by atoms with Crippen LogP contribution < -0.4 is 36.0 Å². The number of hydrogen-bond donors (Lipinski definition) is 3. The minimum atomic E-state index is -0.252. The molecular weight excluding hydrogens is 469 g/mol. The standard InChI is InChI=1S/C23H26N7O2PS/c1-32-19-8-14-12-30(13-15(14)9-20(19)33)23-27-16(10-21(31)28-23)22(34)26-17-11-25-3-2-18(17)29-6-4-24-5-7-29/h2-3,8-11,24H,4-7,12-13,33H2,1H3,(H,26,34)(H,27,28,31). The van der Waals surface area contributed by atoms with Crippen LogP contribution in [0.3, 0.4) is 0 Å².